The highest BCUT2D eigenvalue weighted by Gasteiger charge is 2.52. The number of methoxy groups -OCH3 is 1. The van der Waals surface area contributed by atoms with E-state index in [2.05, 4.69) is 5.32 Å². The first-order valence-electron chi connectivity index (χ1n) is 11.2. The third-order valence-corrected chi connectivity index (χ3v) is 7.26. The maximum Gasteiger partial charge on any atom is 0.310 e. The van der Waals surface area contributed by atoms with Crippen LogP contribution in [-0.2, 0) is 9.53 Å². The Kier molecular flexibility index (Phi) is 5.07. The lowest BCUT2D eigenvalue weighted by atomic mass is 9.65. The van der Waals surface area contributed by atoms with Crippen molar-refractivity contribution in [1.29, 1.82) is 0 Å². The summed E-state index contributed by atoms with van der Waals surface area (Å²) in [5, 5.41) is 24.8. The second-order valence-corrected chi connectivity index (χ2v) is 9.29. The molecule has 0 amide bonds. The second kappa shape index (κ2) is 8.16. The SMILES string of the molecule is COc1cc([C@@H]2c3cc4c(cc3[C@H](Nc3ccc(Cl)cc3)[C@H]3COC(=O)[C@H]23)OCO4)cc(O)c1O. The van der Waals surface area contributed by atoms with E-state index >= 15 is 0 Å². The zero-order chi connectivity index (χ0) is 24.3. The summed E-state index contributed by atoms with van der Waals surface area (Å²) in [6.45, 7) is 0.348. The van der Waals surface area contributed by atoms with Gasteiger partial charge < -0.3 is 34.5 Å². The predicted molar refractivity (Wildman–Crippen MR) is 126 cm³/mol. The fourth-order valence-corrected chi connectivity index (χ4v) is 5.55. The molecule has 2 aliphatic heterocycles. The molecule has 35 heavy (non-hydrogen) atoms. The Morgan fingerprint density at radius 3 is 2.43 bits per heavy atom. The number of hydrogen-bond acceptors (Lipinski definition) is 8. The van der Waals surface area contributed by atoms with Gasteiger partial charge in [-0.15, -0.1) is 0 Å². The Hall–Kier alpha value is -3.78. The average Bonchev–Trinajstić information content (AvgIpc) is 3.47. The van der Waals surface area contributed by atoms with Crippen molar-refractivity contribution in [3.63, 3.8) is 0 Å². The number of fused-ring (bicyclic) bond motifs is 3. The Labute approximate surface area is 206 Å². The van der Waals surface area contributed by atoms with Crippen LogP contribution in [0.4, 0.5) is 5.69 Å². The smallest absolute Gasteiger partial charge is 0.310 e. The molecule has 9 heteroatoms. The van der Waals surface area contributed by atoms with Crippen molar-refractivity contribution in [2.24, 2.45) is 11.8 Å². The molecule has 8 nitrogen and oxygen atoms in total. The van der Waals surface area contributed by atoms with E-state index in [1.54, 1.807) is 18.2 Å². The number of esters is 1. The van der Waals surface area contributed by atoms with Crippen LogP contribution in [0, 0.1) is 11.8 Å². The largest absolute Gasteiger partial charge is 0.504 e. The predicted octanol–water partition coefficient (Wildman–Crippen LogP) is 4.58. The number of carbonyl (C=O) groups is 1. The van der Waals surface area contributed by atoms with E-state index in [0.29, 0.717) is 22.1 Å². The molecule has 3 aliphatic rings. The van der Waals surface area contributed by atoms with Gasteiger partial charge in [0.2, 0.25) is 12.5 Å². The third-order valence-electron chi connectivity index (χ3n) is 7.01. The van der Waals surface area contributed by atoms with Crippen LogP contribution in [0.1, 0.15) is 28.7 Å². The molecule has 3 aromatic rings. The number of aromatic hydroxyl groups is 2. The number of nitrogens with one attached hydrogen (secondary N) is 1. The molecule has 3 aromatic carbocycles. The van der Waals surface area contributed by atoms with Gasteiger partial charge in [-0.3, -0.25) is 4.79 Å². The fourth-order valence-electron chi connectivity index (χ4n) is 5.42. The van der Waals surface area contributed by atoms with Crippen molar-refractivity contribution < 1.29 is 34.0 Å². The van der Waals surface area contributed by atoms with Crippen LogP contribution >= 0.6 is 11.6 Å². The average molecular weight is 496 g/mol. The molecule has 0 bridgehead atoms. The third kappa shape index (κ3) is 3.47. The van der Waals surface area contributed by atoms with E-state index < -0.39 is 11.8 Å². The molecule has 1 fully saturated rings. The number of carbonyl (C=O) groups excluding carboxylic acids is 1. The zero-order valence-corrected chi connectivity index (χ0v) is 19.4. The Bertz CT molecular complexity index is 1330. The quantitative estimate of drug-likeness (QED) is 0.357. The molecule has 2 heterocycles. The van der Waals surface area contributed by atoms with Crippen molar-refractivity contribution >= 4 is 23.3 Å². The highest BCUT2D eigenvalue weighted by Crippen LogP contribution is 2.56. The molecule has 0 saturated carbocycles. The second-order valence-electron chi connectivity index (χ2n) is 8.85. The summed E-state index contributed by atoms with van der Waals surface area (Å²) in [4.78, 5) is 13.1. The Morgan fingerprint density at radius 1 is 1.00 bits per heavy atom. The lowest BCUT2D eigenvalue weighted by Gasteiger charge is -2.40. The van der Waals surface area contributed by atoms with E-state index in [-0.39, 0.29) is 48.6 Å². The first-order chi connectivity index (χ1) is 16.9. The lowest BCUT2D eigenvalue weighted by Crippen LogP contribution is -2.37. The van der Waals surface area contributed by atoms with Crippen LogP contribution in [-0.4, -0.2) is 36.7 Å². The van der Waals surface area contributed by atoms with Gasteiger partial charge in [0.25, 0.3) is 0 Å². The van der Waals surface area contributed by atoms with Gasteiger partial charge in [0.15, 0.2) is 23.0 Å². The number of phenols is 2. The number of benzene rings is 3. The summed E-state index contributed by atoms with van der Waals surface area (Å²) < 4.78 is 22.2. The molecular formula is C26H22ClNO7. The van der Waals surface area contributed by atoms with Gasteiger partial charge in [0.05, 0.1) is 25.7 Å². The fraction of sp³-hybridized carbons (Fsp3) is 0.269. The van der Waals surface area contributed by atoms with E-state index in [9.17, 15) is 15.0 Å². The summed E-state index contributed by atoms with van der Waals surface area (Å²) in [6, 6.07) is 14.0. The van der Waals surface area contributed by atoms with Gasteiger partial charge in [-0.25, -0.2) is 0 Å². The maximum atomic E-state index is 13.1. The van der Waals surface area contributed by atoms with E-state index in [1.807, 2.05) is 24.3 Å². The van der Waals surface area contributed by atoms with Gasteiger partial charge >= 0.3 is 5.97 Å². The number of ether oxygens (including phenoxy) is 4. The van der Waals surface area contributed by atoms with E-state index in [4.69, 9.17) is 30.5 Å². The number of halogens is 1. The number of cyclic esters (lactones) is 1. The van der Waals surface area contributed by atoms with Crippen molar-refractivity contribution in [2.75, 3.05) is 25.8 Å². The molecule has 0 radical (unpaired) electrons. The standard InChI is InChI=1S/C26H22ClNO7/c1-32-21-7-12(6-18(29)25(21)30)22-15-8-19-20(35-11-34-19)9-16(15)24(17-10-33-26(31)23(17)22)28-14-4-2-13(27)3-5-14/h2-9,17,22-24,28-30H,10-11H2,1H3/t17-,22+,23-,24-/m0/s1. The van der Waals surface area contributed by atoms with Gasteiger partial charge in [-0.2, -0.15) is 0 Å². The maximum absolute atomic E-state index is 13.1. The minimum atomic E-state index is -0.540. The van der Waals surface area contributed by atoms with Crippen molar-refractivity contribution in [1.82, 2.24) is 0 Å². The van der Waals surface area contributed by atoms with Gasteiger partial charge in [0, 0.05) is 22.5 Å². The van der Waals surface area contributed by atoms with E-state index in [0.717, 1.165) is 16.8 Å². The first kappa shape index (κ1) is 21.7. The monoisotopic (exact) mass is 495 g/mol. The van der Waals surface area contributed by atoms with Crippen LogP contribution < -0.4 is 19.5 Å². The summed E-state index contributed by atoms with van der Waals surface area (Å²) in [5.74, 6) is -0.900. The zero-order valence-electron chi connectivity index (χ0n) is 18.7. The molecule has 3 N–H and O–H groups in total. The topological polar surface area (TPSA) is 106 Å². The molecule has 6 rings (SSSR count). The van der Waals surface area contributed by atoms with Crippen LogP contribution in [0.15, 0.2) is 48.5 Å². The minimum absolute atomic E-state index is 0.112. The molecular weight excluding hydrogens is 474 g/mol. The first-order valence-corrected chi connectivity index (χ1v) is 11.5. The van der Waals surface area contributed by atoms with Crippen LogP contribution in [0.25, 0.3) is 0 Å². The molecule has 0 aromatic heterocycles. The number of anilines is 1. The lowest BCUT2D eigenvalue weighted by molar-refractivity contribution is -0.141. The molecule has 1 aliphatic carbocycles. The highest BCUT2D eigenvalue weighted by molar-refractivity contribution is 6.30. The number of rotatable bonds is 4. The number of hydrogen-bond donors (Lipinski definition) is 3. The molecule has 1 saturated heterocycles. The van der Waals surface area contributed by atoms with Gasteiger partial charge in [-0.05, 0) is 65.2 Å². The van der Waals surface area contributed by atoms with Crippen LogP contribution in [0.2, 0.25) is 5.02 Å². The minimum Gasteiger partial charge on any atom is -0.504 e. The normalized spacial score (nSPS) is 23.9. The molecule has 0 spiro atoms. The molecule has 180 valence electrons. The summed E-state index contributed by atoms with van der Waals surface area (Å²) in [6.07, 6.45) is 0. The van der Waals surface area contributed by atoms with Crippen LogP contribution in [0.3, 0.4) is 0 Å². The van der Waals surface area contributed by atoms with Crippen LogP contribution in [0.5, 0.6) is 28.7 Å². The summed E-state index contributed by atoms with van der Waals surface area (Å²) in [5.41, 5.74) is 3.24. The molecule has 0 unspecified atom stereocenters. The summed E-state index contributed by atoms with van der Waals surface area (Å²) >= 11 is 6.07. The Morgan fingerprint density at radius 2 is 1.71 bits per heavy atom. The Balaban J connectivity index is 1.54. The molecule has 4 atom stereocenters. The number of phenolic OH excluding ortho intramolecular Hbond substituents is 2. The highest BCUT2D eigenvalue weighted by atomic mass is 35.5. The van der Waals surface area contributed by atoms with Crippen molar-refractivity contribution in [2.45, 2.75) is 12.0 Å². The van der Waals surface area contributed by atoms with Gasteiger partial charge in [-0.1, -0.05) is 11.6 Å². The van der Waals surface area contributed by atoms with Gasteiger partial charge in [0.1, 0.15) is 0 Å². The van der Waals surface area contributed by atoms with E-state index in [1.165, 1.54) is 13.2 Å². The van der Waals surface area contributed by atoms with Crippen molar-refractivity contribution in [3.05, 3.63) is 70.2 Å². The summed E-state index contributed by atoms with van der Waals surface area (Å²) in [7, 11) is 1.41. The van der Waals surface area contributed by atoms with Crippen molar-refractivity contribution in [3.8, 4) is 28.7 Å².